The summed E-state index contributed by atoms with van der Waals surface area (Å²) in [7, 11) is 0. The lowest BCUT2D eigenvalue weighted by Crippen LogP contribution is -2.32. The lowest BCUT2D eigenvalue weighted by Gasteiger charge is -2.21. The Bertz CT molecular complexity index is 517. The number of hydrogen-bond donors (Lipinski definition) is 1. The van der Waals surface area contributed by atoms with Crippen LogP contribution in [0.5, 0.6) is 0 Å². The number of rotatable bonds is 4. The van der Waals surface area contributed by atoms with Gasteiger partial charge in [0.2, 0.25) is 0 Å². The molecule has 1 aliphatic carbocycles. The highest BCUT2D eigenvalue weighted by Gasteiger charge is 2.33. The van der Waals surface area contributed by atoms with E-state index in [1.165, 1.54) is 5.56 Å². The van der Waals surface area contributed by atoms with Crippen molar-refractivity contribution in [1.29, 1.82) is 0 Å². The maximum atomic E-state index is 12.4. The van der Waals surface area contributed by atoms with Gasteiger partial charge in [-0.15, -0.1) is 0 Å². The summed E-state index contributed by atoms with van der Waals surface area (Å²) in [6.45, 7) is 0.676. The van der Waals surface area contributed by atoms with Crippen LogP contribution in [0.25, 0.3) is 0 Å². The third-order valence-corrected chi connectivity index (χ3v) is 3.19. The van der Waals surface area contributed by atoms with Crippen molar-refractivity contribution in [3.05, 3.63) is 53.9 Å². The van der Waals surface area contributed by atoms with Gasteiger partial charge in [0.25, 0.3) is 5.91 Å². The normalized spacial score (nSPS) is 14.4. The molecule has 1 aliphatic rings. The fourth-order valence-electron chi connectivity index (χ4n) is 2.07. The van der Waals surface area contributed by atoms with E-state index in [4.69, 9.17) is 0 Å². The highest BCUT2D eigenvalue weighted by atomic mass is 16.2. The van der Waals surface area contributed by atoms with Crippen molar-refractivity contribution in [2.24, 2.45) is 0 Å². The van der Waals surface area contributed by atoms with Gasteiger partial charge in [0.1, 0.15) is 0 Å². The number of aromatic amines is 1. The fraction of sp³-hybridized carbons (Fsp3) is 0.286. The molecule has 0 radical (unpaired) electrons. The van der Waals surface area contributed by atoms with E-state index in [-0.39, 0.29) is 5.91 Å². The van der Waals surface area contributed by atoms with Gasteiger partial charge in [-0.3, -0.25) is 9.89 Å². The smallest absolute Gasteiger partial charge is 0.257 e. The van der Waals surface area contributed by atoms with Crippen LogP contribution in [-0.4, -0.2) is 27.0 Å². The van der Waals surface area contributed by atoms with Gasteiger partial charge >= 0.3 is 0 Å². The van der Waals surface area contributed by atoms with Crippen LogP contribution < -0.4 is 0 Å². The minimum Gasteiger partial charge on any atom is -0.331 e. The van der Waals surface area contributed by atoms with E-state index >= 15 is 0 Å². The van der Waals surface area contributed by atoms with Crippen molar-refractivity contribution in [1.82, 2.24) is 15.1 Å². The van der Waals surface area contributed by atoms with Crippen LogP contribution in [0.1, 0.15) is 28.8 Å². The van der Waals surface area contributed by atoms with Gasteiger partial charge in [-0.2, -0.15) is 5.10 Å². The molecule has 18 heavy (non-hydrogen) atoms. The Morgan fingerprint density at radius 3 is 2.72 bits per heavy atom. The van der Waals surface area contributed by atoms with Crippen LogP contribution in [0.2, 0.25) is 0 Å². The zero-order valence-corrected chi connectivity index (χ0v) is 10.0. The lowest BCUT2D eigenvalue weighted by molar-refractivity contribution is 0.0730. The molecule has 0 spiro atoms. The molecule has 1 aromatic heterocycles. The van der Waals surface area contributed by atoms with Crippen LogP contribution in [0.4, 0.5) is 0 Å². The Balaban J connectivity index is 1.79. The minimum absolute atomic E-state index is 0.0649. The van der Waals surface area contributed by atoms with Gasteiger partial charge in [0.15, 0.2) is 0 Å². The molecule has 2 aromatic rings. The molecule has 0 bridgehead atoms. The third-order valence-electron chi connectivity index (χ3n) is 3.19. The van der Waals surface area contributed by atoms with Crippen LogP contribution in [0, 0.1) is 0 Å². The molecule has 4 nitrogen and oxygen atoms in total. The highest BCUT2D eigenvalue weighted by Crippen LogP contribution is 2.29. The van der Waals surface area contributed by atoms with E-state index < -0.39 is 0 Å². The maximum absolute atomic E-state index is 12.4. The third kappa shape index (κ3) is 2.27. The highest BCUT2D eigenvalue weighted by molar-refractivity contribution is 5.94. The molecule has 1 aromatic carbocycles. The molecule has 1 amide bonds. The number of aromatic nitrogens is 2. The number of nitrogens with one attached hydrogen (secondary N) is 1. The summed E-state index contributed by atoms with van der Waals surface area (Å²) in [4.78, 5) is 14.3. The van der Waals surface area contributed by atoms with E-state index in [0.717, 1.165) is 12.8 Å². The van der Waals surface area contributed by atoms with E-state index in [0.29, 0.717) is 18.2 Å². The molecule has 0 unspecified atom stereocenters. The molecule has 3 rings (SSSR count). The van der Waals surface area contributed by atoms with Gasteiger partial charge < -0.3 is 4.90 Å². The zero-order valence-electron chi connectivity index (χ0n) is 10.0. The quantitative estimate of drug-likeness (QED) is 0.892. The van der Waals surface area contributed by atoms with Crippen LogP contribution in [0.15, 0.2) is 42.7 Å². The van der Waals surface area contributed by atoms with Gasteiger partial charge in [0.05, 0.1) is 11.8 Å². The fourth-order valence-corrected chi connectivity index (χ4v) is 2.07. The van der Waals surface area contributed by atoms with Crippen molar-refractivity contribution >= 4 is 5.91 Å². The first-order chi connectivity index (χ1) is 8.84. The predicted octanol–water partition coefficient (Wildman–Crippen LogP) is 2.21. The van der Waals surface area contributed by atoms with Gasteiger partial charge in [-0.25, -0.2) is 0 Å². The molecular weight excluding hydrogens is 226 g/mol. The van der Waals surface area contributed by atoms with Crippen molar-refractivity contribution in [3.63, 3.8) is 0 Å². The van der Waals surface area contributed by atoms with Gasteiger partial charge in [-0.05, 0) is 18.4 Å². The monoisotopic (exact) mass is 241 g/mol. The topological polar surface area (TPSA) is 49.0 Å². The number of carbonyl (C=O) groups is 1. The average molecular weight is 241 g/mol. The Labute approximate surface area is 106 Å². The maximum Gasteiger partial charge on any atom is 0.257 e. The summed E-state index contributed by atoms with van der Waals surface area (Å²) in [5.74, 6) is 0.0649. The van der Waals surface area contributed by atoms with E-state index in [1.54, 1.807) is 12.4 Å². The van der Waals surface area contributed by atoms with Crippen molar-refractivity contribution in [3.8, 4) is 0 Å². The second kappa shape index (κ2) is 4.64. The SMILES string of the molecule is O=C(c1cn[nH]c1)N(Cc1ccccc1)C1CC1. The van der Waals surface area contributed by atoms with Crippen molar-refractivity contribution < 1.29 is 4.79 Å². The first-order valence-corrected chi connectivity index (χ1v) is 6.18. The standard InChI is InChI=1S/C14H15N3O/c18-14(12-8-15-16-9-12)17(13-6-7-13)10-11-4-2-1-3-5-11/h1-5,8-9,13H,6-7,10H2,(H,15,16). The average Bonchev–Trinajstić information content (AvgIpc) is 3.10. The summed E-state index contributed by atoms with van der Waals surface area (Å²) < 4.78 is 0. The number of H-pyrrole nitrogens is 1. The molecule has 1 fully saturated rings. The van der Waals surface area contributed by atoms with Gasteiger partial charge in [0, 0.05) is 18.8 Å². The molecule has 0 atom stereocenters. The number of amides is 1. The second-order valence-corrected chi connectivity index (χ2v) is 4.64. The lowest BCUT2D eigenvalue weighted by atomic mass is 10.2. The summed E-state index contributed by atoms with van der Waals surface area (Å²) >= 11 is 0. The first kappa shape index (κ1) is 11.0. The molecule has 0 aliphatic heterocycles. The summed E-state index contributed by atoms with van der Waals surface area (Å²) in [6, 6.07) is 10.5. The van der Waals surface area contributed by atoms with Crippen molar-refractivity contribution in [2.75, 3.05) is 0 Å². The Morgan fingerprint density at radius 1 is 1.33 bits per heavy atom. The molecule has 1 N–H and O–H groups in total. The Kier molecular flexibility index (Phi) is 2.84. The molecule has 4 heteroatoms. The van der Waals surface area contributed by atoms with Crippen LogP contribution in [0.3, 0.4) is 0 Å². The molecule has 1 saturated carbocycles. The Morgan fingerprint density at radius 2 is 2.11 bits per heavy atom. The second-order valence-electron chi connectivity index (χ2n) is 4.64. The molecule has 0 saturated heterocycles. The van der Waals surface area contributed by atoms with Crippen LogP contribution in [-0.2, 0) is 6.54 Å². The largest absolute Gasteiger partial charge is 0.331 e. The number of nitrogens with zero attached hydrogens (tertiary/aromatic N) is 2. The summed E-state index contributed by atoms with van der Waals surface area (Å²) in [5, 5.41) is 6.53. The zero-order chi connectivity index (χ0) is 12.4. The van der Waals surface area contributed by atoms with Crippen molar-refractivity contribution in [2.45, 2.75) is 25.4 Å². The van der Waals surface area contributed by atoms with Crippen LogP contribution >= 0.6 is 0 Å². The van der Waals surface area contributed by atoms with Gasteiger partial charge in [-0.1, -0.05) is 30.3 Å². The van der Waals surface area contributed by atoms with E-state index in [1.807, 2.05) is 23.1 Å². The number of hydrogen-bond acceptors (Lipinski definition) is 2. The number of carbonyl (C=O) groups excluding carboxylic acids is 1. The van der Waals surface area contributed by atoms with E-state index in [9.17, 15) is 4.79 Å². The summed E-state index contributed by atoms with van der Waals surface area (Å²) in [5.41, 5.74) is 1.80. The Hall–Kier alpha value is -2.10. The first-order valence-electron chi connectivity index (χ1n) is 6.18. The summed E-state index contributed by atoms with van der Waals surface area (Å²) in [6.07, 6.45) is 5.46. The number of benzene rings is 1. The van der Waals surface area contributed by atoms with E-state index in [2.05, 4.69) is 22.3 Å². The minimum atomic E-state index is 0.0649. The molecule has 92 valence electrons. The molecule has 1 heterocycles. The molecular formula is C14H15N3O. The predicted molar refractivity (Wildman–Crippen MR) is 67.9 cm³/mol.